The molecule has 0 aliphatic rings. The van der Waals surface area contributed by atoms with Crippen molar-refractivity contribution >= 4 is 0 Å². The monoisotopic (exact) mass is 230 g/mol. The number of hydrazine groups is 1. The molecule has 1 unspecified atom stereocenters. The number of nitrogens with two attached hydrogens (primary N) is 1. The van der Waals surface area contributed by atoms with Gasteiger partial charge in [0.05, 0.1) is 0 Å². The summed E-state index contributed by atoms with van der Waals surface area (Å²) >= 11 is 0. The van der Waals surface area contributed by atoms with Crippen molar-refractivity contribution in [2.45, 2.75) is 71.3 Å². The lowest BCUT2D eigenvalue weighted by Gasteiger charge is -2.15. The van der Waals surface area contributed by atoms with Crippen LogP contribution in [0.4, 0.5) is 0 Å². The Kier molecular flexibility index (Phi) is 12.9. The SMILES string of the molecule is CCCCCCCC(CCCOCC)NN. The van der Waals surface area contributed by atoms with Crippen LogP contribution in [0.1, 0.15) is 65.2 Å². The van der Waals surface area contributed by atoms with Crippen molar-refractivity contribution in [3.8, 4) is 0 Å². The van der Waals surface area contributed by atoms with Crippen LogP contribution in [0.15, 0.2) is 0 Å². The Morgan fingerprint density at radius 2 is 1.69 bits per heavy atom. The van der Waals surface area contributed by atoms with Gasteiger partial charge in [0.25, 0.3) is 0 Å². The number of rotatable bonds is 12. The fourth-order valence-corrected chi connectivity index (χ4v) is 1.88. The molecule has 3 heteroatoms. The van der Waals surface area contributed by atoms with E-state index in [-0.39, 0.29) is 0 Å². The standard InChI is InChI=1S/C13H30N2O/c1-3-5-6-7-8-10-13(15-14)11-9-12-16-4-2/h13,15H,3-12,14H2,1-2H3. The number of nitrogens with one attached hydrogen (secondary N) is 1. The van der Waals surface area contributed by atoms with Gasteiger partial charge in [-0.2, -0.15) is 0 Å². The van der Waals surface area contributed by atoms with E-state index in [9.17, 15) is 0 Å². The molecule has 0 aliphatic carbocycles. The van der Waals surface area contributed by atoms with Crippen LogP contribution in [-0.4, -0.2) is 19.3 Å². The van der Waals surface area contributed by atoms with E-state index in [0.29, 0.717) is 6.04 Å². The highest BCUT2D eigenvalue weighted by Gasteiger charge is 2.05. The Balaban J connectivity index is 3.29. The number of unbranched alkanes of at least 4 members (excludes halogenated alkanes) is 4. The maximum atomic E-state index is 5.54. The summed E-state index contributed by atoms with van der Waals surface area (Å²) in [5.41, 5.74) is 2.91. The van der Waals surface area contributed by atoms with Gasteiger partial charge in [-0.05, 0) is 26.2 Å². The third-order valence-electron chi connectivity index (χ3n) is 2.94. The van der Waals surface area contributed by atoms with Crippen molar-refractivity contribution in [2.24, 2.45) is 5.84 Å². The van der Waals surface area contributed by atoms with Gasteiger partial charge in [-0.15, -0.1) is 0 Å². The molecule has 0 aliphatic heterocycles. The summed E-state index contributed by atoms with van der Waals surface area (Å²) in [6, 6.07) is 0.474. The molecule has 0 fully saturated rings. The zero-order valence-electron chi connectivity index (χ0n) is 11.1. The second-order valence-electron chi connectivity index (χ2n) is 4.41. The van der Waals surface area contributed by atoms with E-state index in [2.05, 4.69) is 12.3 Å². The molecule has 0 aromatic carbocycles. The molecule has 98 valence electrons. The average Bonchev–Trinajstić information content (AvgIpc) is 2.31. The molecule has 3 nitrogen and oxygen atoms in total. The topological polar surface area (TPSA) is 47.3 Å². The molecule has 0 radical (unpaired) electrons. The predicted octanol–water partition coefficient (Wildman–Crippen LogP) is 3.00. The summed E-state index contributed by atoms with van der Waals surface area (Å²) in [6.45, 7) is 5.96. The minimum Gasteiger partial charge on any atom is -0.382 e. The number of hydrogen-bond acceptors (Lipinski definition) is 3. The largest absolute Gasteiger partial charge is 0.382 e. The highest BCUT2D eigenvalue weighted by molar-refractivity contribution is 4.63. The van der Waals surface area contributed by atoms with Gasteiger partial charge in [-0.3, -0.25) is 11.3 Å². The number of ether oxygens (including phenoxy) is 1. The Morgan fingerprint density at radius 3 is 2.31 bits per heavy atom. The van der Waals surface area contributed by atoms with E-state index in [1.807, 2.05) is 6.92 Å². The van der Waals surface area contributed by atoms with Crippen molar-refractivity contribution in [3.05, 3.63) is 0 Å². The molecular formula is C13H30N2O. The maximum Gasteiger partial charge on any atom is 0.0466 e. The summed E-state index contributed by atoms with van der Waals surface area (Å²) in [5, 5.41) is 0. The molecule has 0 saturated heterocycles. The Labute approximate surface area is 101 Å². The van der Waals surface area contributed by atoms with Crippen molar-refractivity contribution in [3.63, 3.8) is 0 Å². The molecule has 3 N–H and O–H groups in total. The highest BCUT2D eigenvalue weighted by Crippen LogP contribution is 2.10. The fraction of sp³-hybridized carbons (Fsp3) is 1.00. The summed E-state index contributed by atoms with van der Waals surface area (Å²) < 4.78 is 5.32. The van der Waals surface area contributed by atoms with Crippen LogP contribution >= 0.6 is 0 Å². The molecule has 0 aromatic rings. The first-order valence-corrected chi connectivity index (χ1v) is 6.89. The Morgan fingerprint density at radius 1 is 1.00 bits per heavy atom. The first-order valence-electron chi connectivity index (χ1n) is 6.89. The third-order valence-corrected chi connectivity index (χ3v) is 2.94. The molecular weight excluding hydrogens is 200 g/mol. The molecule has 0 rings (SSSR count). The van der Waals surface area contributed by atoms with Crippen LogP contribution in [0.2, 0.25) is 0 Å². The molecule has 0 amide bonds. The minimum absolute atomic E-state index is 0.474. The fourth-order valence-electron chi connectivity index (χ4n) is 1.88. The van der Waals surface area contributed by atoms with Crippen molar-refractivity contribution in [1.29, 1.82) is 0 Å². The van der Waals surface area contributed by atoms with Crippen LogP contribution in [0.5, 0.6) is 0 Å². The first kappa shape index (κ1) is 15.9. The van der Waals surface area contributed by atoms with E-state index >= 15 is 0 Å². The van der Waals surface area contributed by atoms with Gasteiger partial charge in [0.15, 0.2) is 0 Å². The second kappa shape index (κ2) is 12.9. The molecule has 1 atom stereocenters. The molecule has 0 spiro atoms. The average molecular weight is 230 g/mol. The highest BCUT2D eigenvalue weighted by atomic mass is 16.5. The van der Waals surface area contributed by atoms with E-state index in [1.54, 1.807) is 0 Å². The smallest absolute Gasteiger partial charge is 0.0466 e. The molecule has 0 aromatic heterocycles. The maximum absolute atomic E-state index is 5.54. The summed E-state index contributed by atoms with van der Waals surface area (Å²) in [6.07, 6.45) is 10.1. The van der Waals surface area contributed by atoms with Crippen LogP contribution in [0.3, 0.4) is 0 Å². The second-order valence-corrected chi connectivity index (χ2v) is 4.41. The Bertz CT molecular complexity index is 131. The third kappa shape index (κ3) is 10.4. The molecule has 0 heterocycles. The Hall–Kier alpha value is -0.120. The quantitative estimate of drug-likeness (QED) is 0.308. The van der Waals surface area contributed by atoms with E-state index < -0.39 is 0 Å². The number of hydrogen-bond donors (Lipinski definition) is 2. The van der Waals surface area contributed by atoms with Gasteiger partial charge in [0.2, 0.25) is 0 Å². The van der Waals surface area contributed by atoms with Crippen LogP contribution in [-0.2, 0) is 4.74 Å². The normalized spacial score (nSPS) is 12.9. The van der Waals surface area contributed by atoms with Gasteiger partial charge in [0.1, 0.15) is 0 Å². The lowest BCUT2D eigenvalue weighted by atomic mass is 10.0. The summed E-state index contributed by atoms with van der Waals surface area (Å²) in [5.74, 6) is 5.54. The lowest BCUT2D eigenvalue weighted by molar-refractivity contribution is 0.140. The minimum atomic E-state index is 0.474. The van der Waals surface area contributed by atoms with Gasteiger partial charge >= 0.3 is 0 Å². The first-order chi connectivity index (χ1) is 7.85. The predicted molar refractivity (Wildman–Crippen MR) is 70.2 cm³/mol. The van der Waals surface area contributed by atoms with Gasteiger partial charge < -0.3 is 4.74 Å². The van der Waals surface area contributed by atoms with Crippen molar-refractivity contribution in [1.82, 2.24) is 5.43 Å². The zero-order chi connectivity index (χ0) is 12.1. The van der Waals surface area contributed by atoms with E-state index in [0.717, 1.165) is 26.1 Å². The summed E-state index contributed by atoms with van der Waals surface area (Å²) in [4.78, 5) is 0. The molecule has 0 bridgehead atoms. The molecule has 16 heavy (non-hydrogen) atoms. The van der Waals surface area contributed by atoms with Gasteiger partial charge in [-0.25, -0.2) is 0 Å². The zero-order valence-corrected chi connectivity index (χ0v) is 11.1. The molecule has 0 saturated carbocycles. The lowest BCUT2D eigenvalue weighted by Crippen LogP contribution is -2.35. The van der Waals surface area contributed by atoms with Crippen molar-refractivity contribution in [2.75, 3.05) is 13.2 Å². The van der Waals surface area contributed by atoms with Crippen molar-refractivity contribution < 1.29 is 4.74 Å². The van der Waals surface area contributed by atoms with Crippen LogP contribution < -0.4 is 11.3 Å². The van der Waals surface area contributed by atoms with Crippen LogP contribution in [0, 0.1) is 0 Å². The van der Waals surface area contributed by atoms with E-state index in [1.165, 1.54) is 38.5 Å². The summed E-state index contributed by atoms with van der Waals surface area (Å²) in [7, 11) is 0. The van der Waals surface area contributed by atoms with Crippen LogP contribution in [0.25, 0.3) is 0 Å². The van der Waals surface area contributed by atoms with E-state index in [4.69, 9.17) is 10.6 Å². The van der Waals surface area contributed by atoms with Gasteiger partial charge in [0, 0.05) is 19.3 Å². The van der Waals surface area contributed by atoms with Gasteiger partial charge in [-0.1, -0.05) is 39.0 Å².